The second kappa shape index (κ2) is 20.6. The summed E-state index contributed by atoms with van der Waals surface area (Å²) in [6.07, 6.45) is 0.763. The minimum Gasteiger partial charge on any atom is -0.863 e. The molecule has 0 spiro atoms. The number of amidine groups is 2. The standard InChI is InChI=1S/C31H28N4.2C6H3N3O7/c1-5-13-22(14-6-1)28-29(23-15-7-2-8-16-23)33-26(32-28)21-27-34-30(24-17-9-3-10-18-24)31(35-27)25-19-11-4-12-20-25;2*10-6-4(8(13)14)1-3(7(11)12)2-5(6)9(15)16/h1-20,28-31H,21H2,(H,32,33)(H,34,35);2*1-2,10H/t28-,29-,30-,31-;;/m0../s1. The quantitative estimate of drug-likeness (QED) is 0.101. The van der Waals surface area contributed by atoms with Gasteiger partial charge in [-0.2, -0.15) is 0 Å². The summed E-state index contributed by atoms with van der Waals surface area (Å²) in [7, 11) is 0. The Morgan fingerprint density at radius 2 is 0.642 bits per heavy atom. The van der Waals surface area contributed by atoms with Gasteiger partial charge in [-0.05, 0) is 0 Å². The first-order valence-corrected chi connectivity index (χ1v) is 19.6. The molecule has 0 unspecified atom stereocenters. The molecule has 8 rings (SSSR count). The molecule has 2 aliphatic rings. The van der Waals surface area contributed by atoms with Gasteiger partial charge in [-0.3, -0.25) is 81.3 Å². The summed E-state index contributed by atoms with van der Waals surface area (Å²) in [5.74, 6) is -0.660. The summed E-state index contributed by atoms with van der Waals surface area (Å²) in [5, 5.41) is 91.8. The Kier molecular flexibility index (Phi) is 14.4. The molecule has 0 saturated carbocycles. The van der Waals surface area contributed by atoms with E-state index in [1.54, 1.807) is 0 Å². The summed E-state index contributed by atoms with van der Waals surface area (Å²) in [5.41, 5.74) is -1.40. The van der Waals surface area contributed by atoms with Gasteiger partial charge in [0.2, 0.25) is 0 Å². The first-order chi connectivity index (χ1) is 32.0. The van der Waals surface area contributed by atoms with Crippen LogP contribution in [0.5, 0.6) is 11.5 Å². The van der Waals surface area contributed by atoms with E-state index in [-0.39, 0.29) is 24.2 Å². The number of hydrogen-bond acceptors (Lipinski definition) is 16. The van der Waals surface area contributed by atoms with Gasteiger partial charge >= 0.3 is 0 Å². The van der Waals surface area contributed by atoms with Crippen LogP contribution in [0.25, 0.3) is 0 Å². The number of nitrogens with one attached hydrogen (secondary N) is 4. The van der Waals surface area contributed by atoms with Crippen LogP contribution in [0.1, 0.15) is 52.8 Å². The maximum atomic E-state index is 11.1. The summed E-state index contributed by atoms with van der Waals surface area (Å²) in [6.45, 7) is 0. The molecule has 0 aliphatic carbocycles. The topological polar surface area (TPSA) is 357 Å². The largest absolute Gasteiger partial charge is 0.863 e. The van der Waals surface area contributed by atoms with Crippen molar-refractivity contribution in [3.8, 4) is 11.5 Å². The zero-order valence-electron chi connectivity index (χ0n) is 34.3. The van der Waals surface area contributed by atoms with Crippen LogP contribution in [-0.2, 0) is 0 Å². The zero-order chi connectivity index (χ0) is 48.4. The SMILES string of the molecule is O=[N+]([O-])c1cc([N+](=O)[O-])c([O-])c([N+](=O)[O-])c1.O=[N+]([O-])c1cc([N+](=O)[O-])c([O-])c([N+](=O)[O-])c1.c1ccc([C@@H]2NC(CC3=[NH+][C@@H](c4ccccc4)[C@H](c4ccccc4)N3)=[NH+][C@H]2c2ccccc2)cc1. The minimum atomic E-state index is -1.46. The van der Waals surface area contributed by atoms with E-state index in [0.29, 0.717) is 24.3 Å². The van der Waals surface area contributed by atoms with Crippen LogP contribution in [0.2, 0.25) is 0 Å². The molecule has 0 aromatic heterocycles. The number of benzene rings is 6. The van der Waals surface area contributed by atoms with E-state index < -0.39 is 75.2 Å². The molecule has 340 valence electrons. The maximum absolute atomic E-state index is 11.1. The Morgan fingerprint density at radius 1 is 0.388 bits per heavy atom. The number of nitro benzene ring substituents is 6. The van der Waals surface area contributed by atoms with Crippen molar-refractivity contribution >= 4 is 45.8 Å². The second-order valence-corrected chi connectivity index (χ2v) is 14.4. The van der Waals surface area contributed by atoms with E-state index in [9.17, 15) is 70.9 Å². The van der Waals surface area contributed by atoms with Crippen molar-refractivity contribution < 1.29 is 49.7 Å². The predicted octanol–water partition coefficient (Wildman–Crippen LogP) is 3.48. The number of rotatable bonds is 12. The van der Waals surface area contributed by atoms with Gasteiger partial charge in [0.1, 0.15) is 6.42 Å². The van der Waals surface area contributed by atoms with E-state index >= 15 is 0 Å². The second-order valence-electron chi connectivity index (χ2n) is 14.4. The molecule has 24 nitrogen and oxygen atoms in total. The van der Waals surface area contributed by atoms with Crippen molar-refractivity contribution in [2.24, 2.45) is 0 Å². The Labute approximate surface area is 376 Å². The van der Waals surface area contributed by atoms with E-state index in [4.69, 9.17) is 0 Å². The molecular weight excluding hydrogens is 881 g/mol. The molecule has 0 bridgehead atoms. The fourth-order valence-electron chi connectivity index (χ4n) is 7.21. The van der Waals surface area contributed by atoms with E-state index in [1.165, 1.54) is 22.3 Å². The van der Waals surface area contributed by atoms with Crippen LogP contribution in [0.4, 0.5) is 34.1 Å². The fraction of sp³-hybridized carbons (Fsp3) is 0.116. The number of nitrogens with zero attached hydrogens (tertiary/aromatic N) is 6. The van der Waals surface area contributed by atoms with Crippen molar-refractivity contribution in [2.75, 3.05) is 0 Å². The lowest BCUT2D eigenvalue weighted by atomic mass is 9.95. The molecule has 6 aromatic carbocycles. The smallest absolute Gasteiger partial charge is 0.283 e. The van der Waals surface area contributed by atoms with Gasteiger partial charge in [0.25, 0.3) is 45.8 Å². The van der Waals surface area contributed by atoms with Crippen molar-refractivity contribution in [3.05, 3.63) is 229 Å². The van der Waals surface area contributed by atoms with Crippen LogP contribution in [0.15, 0.2) is 146 Å². The highest BCUT2D eigenvalue weighted by Crippen LogP contribution is 2.38. The summed E-state index contributed by atoms with van der Waals surface area (Å²) < 4.78 is 0. The van der Waals surface area contributed by atoms with E-state index in [0.717, 1.165) is 18.1 Å². The van der Waals surface area contributed by atoms with Crippen molar-refractivity contribution in [2.45, 2.75) is 30.6 Å². The van der Waals surface area contributed by atoms with Crippen LogP contribution < -0.4 is 30.8 Å². The van der Waals surface area contributed by atoms with Crippen molar-refractivity contribution in [1.29, 1.82) is 0 Å². The molecule has 2 heterocycles. The summed E-state index contributed by atoms with van der Waals surface area (Å²) in [6, 6.07) is 45.0. The van der Waals surface area contributed by atoms with Crippen molar-refractivity contribution in [3.63, 3.8) is 0 Å². The lowest BCUT2D eigenvalue weighted by Gasteiger charge is -2.14. The lowest BCUT2D eigenvalue weighted by Crippen LogP contribution is -2.76. The Hall–Kier alpha value is -9.74. The summed E-state index contributed by atoms with van der Waals surface area (Å²) >= 11 is 0. The predicted molar refractivity (Wildman–Crippen MR) is 231 cm³/mol. The van der Waals surface area contributed by atoms with Gasteiger partial charge in [0.15, 0.2) is 24.2 Å². The van der Waals surface area contributed by atoms with Gasteiger partial charge in [-0.1, -0.05) is 121 Å². The maximum Gasteiger partial charge on any atom is 0.283 e. The highest BCUT2D eigenvalue weighted by Gasteiger charge is 2.42. The molecule has 2 aliphatic heterocycles. The first kappa shape index (κ1) is 46.8. The third-order valence-electron chi connectivity index (χ3n) is 10.3. The molecule has 6 aromatic rings. The highest BCUT2D eigenvalue weighted by atomic mass is 16.7. The van der Waals surface area contributed by atoms with Gasteiger partial charge in [0, 0.05) is 22.3 Å². The Morgan fingerprint density at radius 3 is 0.881 bits per heavy atom. The van der Waals surface area contributed by atoms with Gasteiger partial charge in [0.05, 0.1) is 65.3 Å². The average molecular weight is 915 g/mol. The Bertz CT molecular complexity index is 2640. The van der Waals surface area contributed by atoms with Crippen LogP contribution in [-0.4, -0.2) is 41.2 Å². The summed E-state index contributed by atoms with van der Waals surface area (Å²) in [4.78, 5) is 62.6. The monoisotopic (exact) mass is 914 g/mol. The van der Waals surface area contributed by atoms with Crippen LogP contribution in [0, 0.1) is 60.7 Å². The molecule has 24 heteroatoms. The molecule has 0 fully saturated rings. The molecule has 67 heavy (non-hydrogen) atoms. The first-order valence-electron chi connectivity index (χ1n) is 19.6. The molecule has 0 saturated heterocycles. The van der Waals surface area contributed by atoms with Crippen LogP contribution >= 0.6 is 0 Å². The number of non-ortho nitro benzene ring substituents is 2. The molecular formula is C43H34N10O14. The normalized spacial score (nSPS) is 16.8. The van der Waals surface area contributed by atoms with E-state index in [1.807, 2.05) is 0 Å². The third kappa shape index (κ3) is 11.1. The molecule has 0 amide bonds. The molecule has 4 atom stereocenters. The van der Waals surface area contributed by atoms with Crippen molar-refractivity contribution in [1.82, 2.24) is 10.6 Å². The van der Waals surface area contributed by atoms with Gasteiger partial charge in [-0.25, -0.2) is 0 Å². The van der Waals surface area contributed by atoms with E-state index in [2.05, 4.69) is 142 Å². The highest BCUT2D eigenvalue weighted by molar-refractivity contribution is 5.98. The number of hydrogen-bond donors (Lipinski definition) is 4. The number of nitro groups is 6. The zero-order valence-corrected chi connectivity index (χ0v) is 34.3. The van der Waals surface area contributed by atoms with Crippen LogP contribution in [0.3, 0.4) is 0 Å². The lowest BCUT2D eigenvalue weighted by molar-refractivity contribution is -0.508. The fourth-order valence-corrected chi connectivity index (χ4v) is 7.21. The van der Waals surface area contributed by atoms with Gasteiger partial charge < -0.3 is 10.2 Å². The minimum absolute atomic E-state index is 0.172. The Balaban J connectivity index is 0.000000193. The van der Waals surface area contributed by atoms with Gasteiger partial charge in [-0.15, -0.1) is 0 Å². The average Bonchev–Trinajstić information content (AvgIpc) is 3.95. The molecule has 0 radical (unpaired) electrons. The molecule has 4 N–H and O–H groups in total. The third-order valence-corrected chi connectivity index (χ3v) is 10.3.